The number of halogens is 1. The van der Waals surface area contributed by atoms with Crippen LogP contribution in [-0.4, -0.2) is 21.7 Å². The smallest absolute Gasteiger partial charge is 0.108 e. The number of aliphatic hydroxyl groups excluding tert-OH is 1. The highest BCUT2D eigenvalue weighted by atomic mass is 79.9. The van der Waals surface area contributed by atoms with Crippen LogP contribution in [-0.2, 0) is 6.42 Å². The van der Waals surface area contributed by atoms with Crippen LogP contribution in [0.4, 0.5) is 0 Å². The molecule has 0 spiro atoms. The third-order valence-corrected chi connectivity index (χ3v) is 2.66. The summed E-state index contributed by atoms with van der Waals surface area (Å²) in [5, 5.41) is 9.89. The SMILES string of the molecule is OCCCc1c[nH]c2cc(Br)ncc12. The summed E-state index contributed by atoms with van der Waals surface area (Å²) in [5.41, 5.74) is 2.30. The van der Waals surface area contributed by atoms with Crippen molar-refractivity contribution in [3.63, 3.8) is 0 Å². The summed E-state index contributed by atoms with van der Waals surface area (Å²) in [6, 6.07) is 1.96. The average Bonchev–Trinajstić information content (AvgIpc) is 2.57. The van der Waals surface area contributed by atoms with E-state index in [2.05, 4.69) is 25.9 Å². The summed E-state index contributed by atoms with van der Waals surface area (Å²) in [6.07, 6.45) is 5.51. The molecule has 74 valence electrons. The Morgan fingerprint density at radius 2 is 2.36 bits per heavy atom. The van der Waals surface area contributed by atoms with E-state index in [1.54, 1.807) is 0 Å². The van der Waals surface area contributed by atoms with Gasteiger partial charge in [0.05, 0.1) is 0 Å². The second kappa shape index (κ2) is 4.11. The van der Waals surface area contributed by atoms with Crippen molar-refractivity contribution in [2.75, 3.05) is 6.61 Å². The number of aromatic amines is 1. The molecule has 3 nitrogen and oxygen atoms in total. The number of fused-ring (bicyclic) bond motifs is 1. The van der Waals surface area contributed by atoms with Crippen molar-refractivity contribution in [1.82, 2.24) is 9.97 Å². The van der Waals surface area contributed by atoms with Crippen molar-refractivity contribution >= 4 is 26.8 Å². The molecule has 0 aliphatic carbocycles. The number of aromatic nitrogens is 2. The van der Waals surface area contributed by atoms with Crippen molar-refractivity contribution in [2.45, 2.75) is 12.8 Å². The van der Waals surface area contributed by atoms with Gasteiger partial charge in [0.25, 0.3) is 0 Å². The minimum Gasteiger partial charge on any atom is -0.396 e. The monoisotopic (exact) mass is 254 g/mol. The molecule has 2 N–H and O–H groups in total. The van der Waals surface area contributed by atoms with Gasteiger partial charge in [0, 0.05) is 29.9 Å². The molecule has 0 saturated heterocycles. The van der Waals surface area contributed by atoms with Crippen molar-refractivity contribution < 1.29 is 5.11 Å². The summed E-state index contributed by atoms with van der Waals surface area (Å²) >= 11 is 3.32. The Morgan fingerprint density at radius 3 is 3.14 bits per heavy atom. The zero-order valence-electron chi connectivity index (χ0n) is 7.63. The number of hydrogen-bond acceptors (Lipinski definition) is 2. The zero-order chi connectivity index (χ0) is 9.97. The van der Waals surface area contributed by atoms with Gasteiger partial charge in [-0.2, -0.15) is 0 Å². The molecule has 2 rings (SSSR count). The Morgan fingerprint density at radius 1 is 1.50 bits per heavy atom. The highest BCUT2D eigenvalue weighted by Crippen LogP contribution is 2.20. The van der Waals surface area contributed by atoms with Crippen LogP contribution in [0.2, 0.25) is 0 Å². The molecule has 2 aromatic heterocycles. The lowest BCUT2D eigenvalue weighted by Gasteiger charge is -1.96. The second-order valence-corrected chi connectivity index (χ2v) is 4.01. The number of pyridine rings is 1. The van der Waals surface area contributed by atoms with Crippen LogP contribution in [0.5, 0.6) is 0 Å². The van der Waals surface area contributed by atoms with Gasteiger partial charge < -0.3 is 10.1 Å². The first-order chi connectivity index (χ1) is 6.81. The van der Waals surface area contributed by atoms with Gasteiger partial charge in [-0.1, -0.05) is 0 Å². The molecule has 2 aromatic rings. The molecule has 0 aliphatic rings. The van der Waals surface area contributed by atoms with Crippen LogP contribution in [0.25, 0.3) is 10.9 Å². The minimum atomic E-state index is 0.233. The predicted molar refractivity (Wildman–Crippen MR) is 59.2 cm³/mol. The van der Waals surface area contributed by atoms with Gasteiger partial charge in [0.2, 0.25) is 0 Å². The normalized spacial score (nSPS) is 11.0. The Kier molecular flexibility index (Phi) is 2.84. The van der Waals surface area contributed by atoms with Gasteiger partial charge in [0.1, 0.15) is 4.60 Å². The van der Waals surface area contributed by atoms with Gasteiger partial charge in [-0.3, -0.25) is 0 Å². The minimum absolute atomic E-state index is 0.233. The maximum atomic E-state index is 8.75. The maximum Gasteiger partial charge on any atom is 0.108 e. The lowest BCUT2D eigenvalue weighted by molar-refractivity contribution is 0.289. The summed E-state index contributed by atoms with van der Waals surface area (Å²) in [4.78, 5) is 7.37. The van der Waals surface area contributed by atoms with Crippen molar-refractivity contribution in [2.24, 2.45) is 0 Å². The van der Waals surface area contributed by atoms with Gasteiger partial charge >= 0.3 is 0 Å². The van der Waals surface area contributed by atoms with E-state index in [9.17, 15) is 0 Å². The topological polar surface area (TPSA) is 48.9 Å². The van der Waals surface area contributed by atoms with Crippen molar-refractivity contribution in [3.8, 4) is 0 Å². The van der Waals surface area contributed by atoms with E-state index in [1.807, 2.05) is 18.5 Å². The Hall–Kier alpha value is -0.870. The summed E-state index contributed by atoms with van der Waals surface area (Å²) in [7, 11) is 0. The molecule has 0 radical (unpaired) electrons. The molecule has 2 heterocycles. The third kappa shape index (κ3) is 1.81. The number of rotatable bonds is 3. The van der Waals surface area contributed by atoms with E-state index in [4.69, 9.17) is 5.11 Å². The van der Waals surface area contributed by atoms with E-state index in [1.165, 1.54) is 5.56 Å². The van der Waals surface area contributed by atoms with Crippen LogP contribution in [0, 0.1) is 0 Å². The standard InChI is InChI=1S/C10H11BrN2O/c11-10-4-9-8(6-13-10)7(5-12-9)2-1-3-14/h4-6,12,14H,1-3H2. The molecule has 0 amide bonds. The van der Waals surface area contributed by atoms with Gasteiger partial charge in [-0.05, 0) is 40.4 Å². The fourth-order valence-corrected chi connectivity index (χ4v) is 1.86. The number of aliphatic hydroxyl groups is 1. The molecule has 4 heteroatoms. The number of nitrogens with zero attached hydrogens (tertiary/aromatic N) is 1. The number of nitrogens with one attached hydrogen (secondary N) is 1. The summed E-state index contributed by atoms with van der Waals surface area (Å²) < 4.78 is 0.834. The Bertz CT molecular complexity index is 439. The highest BCUT2D eigenvalue weighted by Gasteiger charge is 2.03. The number of aryl methyl sites for hydroxylation is 1. The maximum absolute atomic E-state index is 8.75. The van der Waals surface area contributed by atoms with E-state index >= 15 is 0 Å². The Balaban J connectivity index is 2.37. The lowest BCUT2D eigenvalue weighted by Crippen LogP contribution is -1.87. The first kappa shape index (κ1) is 9.68. The first-order valence-corrected chi connectivity index (χ1v) is 5.33. The fraction of sp³-hybridized carbons (Fsp3) is 0.300. The van der Waals surface area contributed by atoms with E-state index in [-0.39, 0.29) is 6.61 Å². The van der Waals surface area contributed by atoms with Crippen LogP contribution >= 0.6 is 15.9 Å². The van der Waals surface area contributed by atoms with Gasteiger partial charge in [-0.15, -0.1) is 0 Å². The predicted octanol–water partition coefficient (Wildman–Crippen LogP) is 2.25. The largest absolute Gasteiger partial charge is 0.396 e. The molecular weight excluding hydrogens is 244 g/mol. The first-order valence-electron chi connectivity index (χ1n) is 4.53. The molecule has 0 aromatic carbocycles. The van der Waals surface area contributed by atoms with Crippen LogP contribution in [0.15, 0.2) is 23.1 Å². The van der Waals surface area contributed by atoms with Crippen LogP contribution in [0.1, 0.15) is 12.0 Å². The highest BCUT2D eigenvalue weighted by molar-refractivity contribution is 9.10. The van der Waals surface area contributed by atoms with Crippen molar-refractivity contribution in [3.05, 3.63) is 28.6 Å². The van der Waals surface area contributed by atoms with Crippen LogP contribution in [0.3, 0.4) is 0 Å². The second-order valence-electron chi connectivity index (χ2n) is 3.19. The van der Waals surface area contributed by atoms with E-state index in [0.717, 1.165) is 28.3 Å². The fourth-order valence-electron chi connectivity index (χ4n) is 1.52. The zero-order valence-corrected chi connectivity index (χ0v) is 9.21. The molecule has 0 unspecified atom stereocenters. The third-order valence-electron chi connectivity index (χ3n) is 2.22. The van der Waals surface area contributed by atoms with Gasteiger partial charge in [-0.25, -0.2) is 4.98 Å². The molecule has 0 atom stereocenters. The summed E-state index contributed by atoms with van der Waals surface area (Å²) in [5.74, 6) is 0. The molecular formula is C10H11BrN2O. The van der Waals surface area contributed by atoms with E-state index < -0.39 is 0 Å². The average molecular weight is 255 g/mol. The molecule has 0 bridgehead atoms. The quantitative estimate of drug-likeness (QED) is 0.826. The number of H-pyrrole nitrogens is 1. The molecule has 0 saturated carbocycles. The number of hydrogen-bond donors (Lipinski definition) is 2. The van der Waals surface area contributed by atoms with E-state index in [0.29, 0.717) is 0 Å². The van der Waals surface area contributed by atoms with Gasteiger partial charge in [0.15, 0.2) is 0 Å². The van der Waals surface area contributed by atoms with Crippen LogP contribution < -0.4 is 0 Å². The summed E-state index contributed by atoms with van der Waals surface area (Å²) in [6.45, 7) is 0.233. The molecule has 14 heavy (non-hydrogen) atoms. The lowest BCUT2D eigenvalue weighted by atomic mass is 10.1. The molecule has 0 aliphatic heterocycles. The Labute approximate surface area is 90.3 Å². The van der Waals surface area contributed by atoms with Crippen molar-refractivity contribution in [1.29, 1.82) is 0 Å². The molecule has 0 fully saturated rings.